The summed E-state index contributed by atoms with van der Waals surface area (Å²) in [6.45, 7) is 4.28. The van der Waals surface area contributed by atoms with Gasteiger partial charge in [0.25, 0.3) is 0 Å². The first-order valence-electron chi connectivity index (χ1n) is 5.85. The van der Waals surface area contributed by atoms with Crippen LogP contribution in [0.4, 0.5) is 11.5 Å². The third kappa shape index (κ3) is 2.15. The van der Waals surface area contributed by atoms with Crippen molar-refractivity contribution in [2.75, 3.05) is 12.4 Å². The molecule has 1 saturated carbocycles. The molecule has 18 heavy (non-hydrogen) atoms. The van der Waals surface area contributed by atoms with Gasteiger partial charge in [-0.1, -0.05) is 13.8 Å². The van der Waals surface area contributed by atoms with Crippen LogP contribution in [0, 0.1) is 15.5 Å². The van der Waals surface area contributed by atoms with Crippen LogP contribution in [0.5, 0.6) is 0 Å². The van der Waals surface area contributed by atoms with Crippen LogP contribution in [0.3, 0.4) is 0 Å². The van der Waals surface area contributed by atoms with Crippen molar-refractivity contribution in [3.8, 4) is 0 Å². The number of rotatable bonds is 4. The van der Waals surface area contributed by atoms with Crippen LogP contribution < -0.4 is 5.32 Å². The molecule has 1 aliphatic carbocycles. The minimum absolute atomic E-state index is 0.0521. The molecule has 1 fully saturated rings. The normalized spacial score (nSPS) is 25.3. The molecule has 2 rings (SSSR count). The molecule has 0 saturated heterocycles. The number of anilines is 1. The molecule has 2 atom stereocenters. The Labute approximate surface area is 106 Å². The van der Waals surface area contributed by atoms with Crippen LogP contribution >= 0.6 is 0 Å². The van der Waals surface area contributed by atoms with Crippen LogP contribution in [-0.4, -0.2) is 29.2 Å². The maximum Gasteiger partial charge on any atom is 0.363 e. The number of nitrogens with one attached hydrogen (secondary N) is 1. The Kier molecular flexibility index (Phi) is 3.21. The van der Waals surface area contributed by atoms with E-state index >= 15 is 0 Å². The molecule has 0 bridgehead atoms. The van der Waals surface area contributed by atoms with Gasteiger partial charge in [-0.25, -0.2) is 0 Å². The van der Waals surface area contributed by atoms with E-state index in [9.17, 15) is 10.1 Å². The van der Waals surface area contributed by atoms with Gasteiger partial charge in [0.15, 0.2) is 6.20 Å². The third-order valence-corrected chi connectivity index (χ3v) is 3.74. The van der Waals surface area contributed by atoms with Gasteiger partial charge in [-0.05, 0) is 22.4 Å². The Bertz CT molecular complexity index is 444. The van der Waals surface area contributed by atoms with Crippen molar-refractivity contribution in [2.24, 2.45) is 5.41 Å². The van der Waals surface area contributed by atoms with Crippen molar-refractivity contribution >= 4 is 11.5 Å². The lowest BCUT2D eigenvalue weighted by atomic mass is 9.64. The SMILES string of the molecule is COC1CC(Nc2ccc([N+](=O)[O-])nc2)C1(C)C. The van der Waals surface area contributed by atoms with Crippen molar-refractivity contribution < 1.29 is 9.66 Å². The first-order valence-corrected chi connectivity index (χ1v) is 5.85. The van der Waals surface area contributed by atoms with E-state index in [4.69, 9.17) is 4.74 Å². The van der Waals surface area contributed by atoms with Gasteiger partial charge in [0.2, 0.25) is 0 Å². The minimum atomic E-state index is -0.502. The highest BCUT2D eigenvalue weighted by molar-refractivity contribution is 5.45. The summed E-state index contributed by atoms with van der Waals surface area (Å²) in [6, 6.07) is 3.38. The highest BCUT2D eigenvalue weighted by atomic mass is 16.6. The molecular formula is C12H17N3O3. The quantitative estimate of drug-likeness (QED) is 0.655. The number of nitro groups is 1. The molecular weight excluding hydrogens is 234 g/mol. The molecule has 1 aromatic heterocycles. The van der Waals surface area contributed by atoms with Gasteiger partial charge in [-0.15, -0.1) is 0 Å². The standard InChI is InChI=1S/C12H17N3O3/c1-12(2)9(6-10(12)18-3)14-8-4-5-11(13-7-8)15(16)17/h4-5,7,9-10,14H,6H2,1-3H3. The van der Waals surface area contributed by atoms with E-state index in [-0.39, 0.29) is 17.3 Å². The van der Waals surface area contributed by atoms with Gasteiger partial charge in [0, 0.05) is 24.6 Å². The molecule has 1 aromatic rings. The number of methoxy groups -OCH3 is 1. The summed E-state index contributed by atoms with van der Waals surface area (Å²) < 4.78 is 5.37. The summed E-state index contributed by atoms with van der Waals surface area (Å²) in [5.41, 5.74) is 0.851. The molecule has 0 amide bonds. The molecule has 1 aliphatic rings. The monoisotopic (exact) mass is 251 g/mol. The lowest BCUT2D eigenvalue weighted by molar-refractivity contribution is -0.389. The number of nitrogens with zero attached hydrogens (tertiary/aromatic N) is 2. The van der Waals surface area contributed by atoms with E-state index in [1.165, 1.54) is 12.3 Å². The zero-order chi connectivity index (χ0) is 13.3. The maximum atomic E-state index is 10.5. The molecule has 0 aliphatic heterocycles. The van der Waals surface area contributed by atoms with Crippen molar-refractivity contribution in [3.63, 3.8) is 0 Å². The number of aromatic nitrogens is 1. The van der Waals surface area contributed by atoms with E-state index in [0.717, 1.165) is 12.1 Å². The second kappa shape index (κ2) is 4.53. The van der Waals surface area contributed by atoms with Crippen molar-refractivity contribution in [1.29, 1.82) is 0 Å². The predicted molar refractivity (Wildman–Crippen MR) is 67.5 cm³/mol. The second-order valence-electron chi connectivity index (χ2n) is 5.14. The zero-order valence-electron chi connectivity index (χ0n) is 10.7. The summed E-state index contributed by atoms with van der Waals surface area (Å²) in [5.74, 6) is -0.136. The number of hydrogen-bond donors (Lipinski definition) is 1. The Morgan fingerprint density at radius 3 is 2.72 bits per heavy atom. The Balaban J connectivity index is 2.01. The summed E-state index contributed by atoms with van der Waals surface area (Å²) in [7, 11) is 1.72. The zero-order valence-corrected chi connectivity index (χ0v) is 10.7. The third-order valence-electron chi connectivity index (χ3n) is 3.74. The molecule has 0 aromatic carbocycles. The van der Waals surface area contributed by atoms with E-state index in [2.05, 4.69) is 24.1 Å². The molecule has 6 nitrogen and oxygen atoms in total. The fourth-order valence-corrected chi connectivity index (χ4v) is 2.31. The summed E-state index contributed by atoms with van der Waals surface area (Å²) in [5, 5.41) is 13.8. The molecule has 6 heteroatoms. The average Bonchev–Trinajstić information content (AvgIpc) is 2.34. The predicted octanol–water partition coefficient (Wildman–Crippen LogP) is 2.22. The van der Waals surface area contributed by atoms with Crippen LogP contribution in [0.15, 0.2) is 18.3 Å². The van der Waals surface area contributed by atoms with Crippen molar-refractivity contribution in [3.05, 3.63) is 28.4 Å². The van der Waals surface area contributed by atoms with E-state index in [0.29, 0.717) is 6.04 Å². The van der Waals surface area contributed by atoms with Gasteiger partial charge >= 0.3 is 5.82 Å². The molecule has 0 radical (unpaired) electrons. The van der Waals surface area contributed by atoms with Crippen molar-refractivity contribution in [2.45, 2.75) is 32.4 Å². The maximum absolute atomic E-state index is 10.5. The molecule has 2 unspecified atom stereocenters. The van der Waals surface area contributed by atoms with Crippen molar-refractivity contribution in [1.82, 2.24) is 4.98 Å². The molecule has 98 valence electrons. The van der Waals surface area contributed by atoms with Gasteiger partial charge in [0.1, 0.15) is 0 Å². The average molecular weight is 251 g/mol. The first kappa shape index (κ1) is 12.8. The Morgan fingerprint density at radius 1 is 1.56 bits per heavy atom. The highest BCUT2D eigenvalue weighted by Gasteiger charge is 2.48. The summed E-state index contributed by atoms with van der Waals surface area (Å²) in [4.78, 5) is 13.8. The second-order valence-corrected chi connectivity index (χ2v) is 5.14. The number of pyridine rings is 1. The lowest BCUT2D eigenvalue weighted by Crippen LogP contribution is -2.57. The molecule has 0 spiro atoms. The fourth-order valence-electron chi connectivity index (χ4n) is 2.31. The van der Waals surface area contributed by atoms with Gasteiger partial charge in [-0.3, -0.25) is 0 Å². The lowest BCUT2D eigenvalue weighted by Gasteiger charge is -2.51. The van der Waals surface area contributed by atoms with E-state index in [1.807, 2.05) is 0 Å². The Morgan fingerprint density at radius 2 is 2.28 bits per heavy atom. The van der Waals surface area contributed by atoms with Crippen LogP contribution in [-0.2, 0) is 4.74 Å². The highest BCUT2D eigenvalue weighted by Crippen LogP contribution is 2.43. The molecule has 1 heterocycles. The number of hydrogen-bond acceptors (Lipinski definition) is 5. The van der Waals surface area contributed by atoms with Gasteiger partial charge in [0.05, 0.1) is 11.8 Å². The van der Waals surface area contributed by atoms with E-state index in [1.54, 1.807) is 13.2 Å². The van der Waals surface area contributed by atoms with Gasteiger partial charge < -0.3 is 20.2 Å². The van der Waals surface area contributed by atoms with Crippen LogP contribution in [0.25, 0.3) is 0 Å². The summed E-state index contributed by atoms with van der Waals surface area (Å²) >= 11 is 0. The van der Waals surface area contributed by atoms with Crippen LogP contribution in [0.2, 0.25) is 0 Å². The van der Waals surface area contributed by atoms with E-state index < -0.39 is 4.92 Å². The fraction of sp³-hybridized carbons (Fsp3) is 0.583. The largest absolute Gasteiger partial charge is 0.381 e. The minimum Gasteiger partial charge on any atom is -0.381 e. The van der Waals surface area contributed by atoms with Crippen LogP contribution in [0.1, 0.15) is 20.3 Å². The molecule has 1 N–H and O–H groups in total. The topological polar surface area (TPSA) is 77.3 Å². The van der Waals surface area contributed by atoms with Gasteiger partial charge in [-0.2, -0.15) is 0 Å². The summed E-state index contributed by atoms with van der Waals surface area (Å²) in [6.07, 6.45) is 2.68. The number of ether oxygens (including phenoxy) is 1. The Hall–Kier alpha value is -1.69. The first-order chi connectivity index (χ1) is 8.45. The smallest absolute Gasteiger partial charge is 0.363 e.